The van der Waals surface area contributed by atoms with Gasteiger partial charge in [-0.3, -0.25) is 9.59 Å². The zero-order valence-corrected chi connectivity index (χ0v) is 17.0. The summed E-state index contributed by atoms with van der Waals surface area (Å²) in [5.74, 6) is 1.91. The lowest BCUT2D eigenvalue weighted by molar-refractivity contribution is 0.101. The van der Waals surface area contributed by atoms with E-state index in [-0.39, 0.29) is 17.3 Å². The van der Waals surface area contributed by atoms with Gasteiger partial charge in [0.2, 0.25) is 0 Å². The molecule has 154 valence electrons. The van der Waals surface area contributed by atoms with Crippen LogP contribution in [0.5, 0.6) is 5.75 Å². The second-order valence-electron chi connectivity index (χ2n) is 8.03. The van der Waals surface area contributed by atoms with Gasteiger partial charge in [0.1, 0.15) is 5.75 Å². The van der Waals surface area contributed by atoms with Crippen LogP contribution in [0.3, 0.4) is 0 Å². The third-order valence-electron chi connectivity index (χ3n) is 6.08. The van der Waals surface area contributed by atoms with E-state index in [0.29, 0.717) is 30.5 Å². The lowest BCUT2D eigenvalue weighted by Crippen LogP contribution is -2.48. The SMILES string of the molecule is COc1ccc(-n2nnc(C(C)=O)c2N2CC3CC(C2)c2cccc(=O)n2C3)cc1. The monoisotopic (exact) mass is 405 g/mol. The number of carbonyl (C=O) groups excluding carboxylic acids is 1. The van der Waals surface area contributed by atoms with E-state index >= 15 is 0 Å². The van der Waals surface area contributed by atoms with E-state index in [1.54, 1.807) is 17.9 Å². The summed E-state index contributed by atoms with van der Waals surface area (Å²) < 4.78 is 8.89. The fraction of sp³-hybridized carbons (Fsp3) is 0.364. The smallest absolute Gasteiger partial charge is 0.250 e. The Labute approximate surface area is 173 Å². The van der Waals surface area contributed by atoms with Gasteiger partial charge in [-0.2, -0.15) is 4.68 Å². The number of anilines is 1. The topological polar surface area (TPSA) is 82.2 Å². The van der Waals surface area contributed by atoms with Gasteiger partial charge in [0.15, 0.2) is 17.3 Å². The van der Waals surface area contributed by atoms with Gasteiger partial charge in [0.25, 0.3) is 5.56 Å². The number of methoxy groups -OCH3 is 1. The van der Waals surface area contributed by atoms with Gasteiger partial charge in [0, 0.05) is 44.2 Å². The normalized spacial score (nSPS) is 20.0. The number of piperidine rings is 1. The van der Waals surface area contributed by atoms with Crippen molar-refractivity contribution >= 4 is 11.6 Å². The van der Waals surface area contributed by atoms with E-state index in [1.807, 2.05) is 41.0 Å². The molecular weight excluding hydrogens is 382 g/mol. The first-order chi connectivity index (χ1) is 14.5. The molecule has 0 aliphatic carbocycles. The minimum atomic E-state index is -0.114. The number of ketones is 1. The third-order valence-corrected chi connectivity index (χ3v) is 6.08. The highest BCUT2D eigenvalue weighted by atomic mass is 16.5. The Kier molecular flexibility index (Phi) is 4.42. The average molecular weight is 405 g/mol. The number of pyridine rings is 1. The Balaban J connectivity index is 1.56. The van der Waals surface area contributed by atoms with Crippen LogP contribution in [0.25, 0.3) is 5.69 Å². The first kappa shape index (κ1) is 18.6. The first-order valence-electron chi connectivity index (χ1n) is 10.1. The van der Waals surface area contributed by atoms with Crippen LogP contribution in [0.4, 0.5) is 5.82 Å². The summed E-state index contributed by atoms with van der Waals surface area (Å²) in [4.78, 5) is 26.9. The first-order valence-corrected chi connectivity index (χ1v) is 10.1. The van der Waals surface area contributed by atoms with Gasteiger partial charge < -0.3 is 14.2 Å². The molecule has 4 heterocycles. The van der Waals surface area contributed by atoms with Crippen LogP contribution >= 0.6 is 0 Å². The summed E-state index contributed by atoms with van der Waals surface area (Å²) in [6.45, 7) is 3.68. The van der Waals surface area contributed by atoms with E-state index < -0.39 is 0 Å². The molecule has 1 aromatic carbocycles. The van der Waals surface area contributed by atoms with E-state index in [1.165, 1.54) is 6.92 Å². The number of hydrogen-bond donors (Lipinski definition) is 0. The van der Waals surface area contributed by atoms with Crippen LogP contribution in [0, 0.1) is 5.92 Å². The highest BCUT2D eigenvalue weighted by Gasteiger charge is 2.37. The Morgan fingerprint density at radius 2 is 1.90 bits per heavy atom. The van der Waals surface area contributed by atoms with Gasteiger partial charge in [-0.15, -0.1) is 5.10 Å². The van der Waals surface area contributed by atoms with Crippen molar-refractivity contribution in [1.82, 2.24) is 19.6 Å². The average Bonchev–Trinajstić information content (AvgIpc) is 3.20. The molecule has 5 rings (SSSR count). The maximum atomic E-state index is 12.3. The summed E-state index contributed by atoms with van der Waals surface area (Å²) in [6, 6.07) is 13.0. The molecule has 3 aromatic rings. The van der Waals surface area contributed by atoms with Gasteiger partial charge >= 0.3 is 0 Å². The van der Waals surface area contributed by atoms with E-state index in [4.69, 9.17) is 4.74 Å². The number of benzene rings is 1. The Hall–Kier alpha value is -3.42. The molecule has 2 aliphatic heterocycles. The molecule has 2 aliphatic rings. The molecule has 0 N–H and O–H groups in total. The van der Waals surface area contributed by atoms with Crippen LogP contribution in [0.15, 0.2) is 47.3 Å². The van der Waals surface area contributed by atoms with Crippen molar-refractivity contribution in [3.8, 4) is 11.4 Å². The molecule has 2 unspecified atom stereocenters. The molecule has 2 bridgehead atoms. The zero-order chi connectivity index (χ0) is 20.8. The van der Waals surface area contributed by atoms with Gasteiger partial charge in [-0.05, 0) is 42.7 Å². The predicted octanol–water partition coefficient (Wildman–Crippen LogP) is 2.26. The zero-order valence-electron chi connectivity index (χ0n) is 17.0. The predicted molar refractivity (Wildman–Crippen MR) is 112 cm³/mol. The molecule has 2 atom stereocenters. The summed E-state index contributed by atoms with van der Waals surface area (Å²) in [6.07, 6.45) is 1.04. The molecule has 0 saturated carbocycles. The lowest BCUT2D eigenvalue weighted by atomic mass is 9.83. The number of nitrogens with zero attached hydrogens (tertiary/aromatic N) is 5. The summed E-state index contributed by atoms with van der Waals surface area (Å²) >= 11 is 0. The van der Waals surface area contributed by atoms with Crippen molar-refractivity contribution in [2.75, 3.05) is 25.1 Å². The number of ether oxygens (including phenoxy) is 1. The summed E-state index contributed by atoms with van der Waals surface area (Å²) in [5, 5.41) is 8.50. The van der Waals surface area contributed by atoms with Gasteiger partial charge in [-0.25, -0.2) is 0 Å². The van der Waals surface area contributed by atoms with E-state index in [9.17, 15) is 9.59 Å². The third kappa shape index (κ3) is 2.99. The van der Waals surface area contributed by atoms with Crippen molar-refractivity contribution in [2.45, 2.75) is 25.8 Å². The molecule has 8 heteroatoms. The van der Waals surface area contributed by atoms with Crippen molar-refractivity contribution in [3.63, 3.8) is 0 Å². The maximum Gasteiger partial charge on any atom is 0.250 e. The Morgan fingerprint density at radius 1 is 1.10 bits per heavy atom. The number of carbonyl (C=O) groups is 1. The van der Waals surface area contributed by atoms with Crippen LogP contribution in [-0.4, -0.2) is 45.5 Å². The minimum Gasteiger partial charge on any atom is -0.497 e. The van der Waals surface area contributed by atoms with Crippen LogP contribution in [0.1, 0.15) is 35.4 Å². The summed E-state index contributed by atoms with van der Waals surface area (Å²) in [5.41, 5.74) is 2.32. The lowest BCUT2D eigenvalue weighted by Gasteiger charge is -2.43. The number of hydrogen-bond acceptors (Lipinski definition) is 6. The highest BCUT2D eigenvalue weighted by molar-refractivity contribution is 5.97. The van der Waals surface area contributed by atoms with E-state index in [2.05, 4.69) is 15.2 Å². The summed E-state index contributed by atoms with van der Waals surface area (Å²) in [7, 11) is 1.62. The molecule has 1 fully saturated rings. The Morgan fingerprint density at radius 3 is 2.63 bits per heavy atom. The number of aromatic nitrogens is 4. The van der Waals surface area contributed by atoms with Crippen LogP contribution < -0.4 is 15.2 Å². The standard InChI is InChI=1S/C22H23N5O3/c1-14(28)21-22(27(24-23-21)17-6-8-18(30-2)9-7-17)25-11-15-10-16(13-25)19-4-3-5-20(29)26(19)12-15/h3-9,15-16H,10-13H2,1-2H3. The van der Waals surface area contributed by atoms with E-state index in [0.717, 1.165) is 30.1 Å². The number of Topliss-reactive ketones (excluding diaryl/α,β-unsaturated/α-hetero) is 1. The molecule has 8 nitrogen and oxygen atoms in total. The molecule has 0 radical (unpaired) electrons. The number of fused-ring (bicyclic) bond motifs is 4. The Bertz CT molecular complexity index is 1160. The molecule has 0 spiro atoms. The second kappa shape index (κ2) is 7.12. The fourth-order valence-electron chi connectivity index (χ4n) is 4.76. The van der Waals surface area contributed by atoms with Crippen molar-refractivity contribution in [1.29, 1.82) is 0 Å². The molecule has 1 saturated heterocycles. The minimum absolute atomic E-state index is 0.0602. The molecule has 0 amide bonds. The van der Waals surface area contributed by atoms with Gasteiger partial charge in [0.05, 0.1) is 12.8 Å². The molecule has 2 aromatic heterocycles. The highest BCUT2D eigenvalue weighted by Crippen LogP contribution is 2.38. The van der Waals surface area contributed by atoms with Crippen molar-refractivity contribution < 1.29 is 9.53 Å². The van der Waals surface area contributed by atoms with Gasteiger partial charge in [-0.1, -0.05) is 11.3 Å². The van der Waals surface area contributed by atoms with Crippen LogP contribution in [-0.2, 0) is 6.54 Å². The fourth-order valence-corrected chi connectivity index (χ4v) is 4.76. The largest absolute Gasteiger partial charge is 0.497 e. The number of rotatable bonds is 4. The van der Waals surface area contributed by atoms with Crippen LogP contribution in [0.2, 0.25) is 0 Å². The maximum absolute atomic E-state index is 12.3. The second-order valence-corrected chi connectivity index (χ2v) is 8.03. The van der Waals surface area contributed by atoms with Crippen molar-refractivity contribution in [3.05, 3.63) is 64.2 Å². The quantitative estimate of drug-likeness (QED) is 0.620. The molecule has 30 heavy (non-hydrogen) atoms. The molecular formula is C22H23N5O3. The van der Waals surface area contributed by atoms with Crippen molar-refractivity contribution in [2.24, 2.45) is 5.92 Å².